The van der Waals surface area contributed by atoms with Crippen LogP contribution in [-0.2, 0) is 4.79 Å². The molecule has 0 saturated heterocycles. The highest BCUT2D eigenvalue weighted by Gasteiger charge is 2.10. The summed E-state index contributed by atoms with van der Waals surface area (Å²) in [6.07, 6.45) is 0. The number of thioether (sulfide) groups is 1. The molecule has 1 amide bonds. The molecule has 0 atom stereocenters. The van der Waals surface area contributed by atoms with Crippen LogP contribution in [0, 0.1) is 6.92 Å². The number of hydrogen-bond acceptors (Lipinski definition) is 6. The molecule has 2 aromatic carbocycles. The van der Waals surface area contributed by atoms with Gasteiger partial charge in [0.15, 0.2) is 10.2 Å². The highest BCUT2D eigenvalue weighted by atomic mass is 32.2. The molecule has 1 heterocycles. The Bertz CT molecular complexity index is 846. The fourth-order valence-electron chi connectivity index (χ4n) is 2.09. The number of carbonyl (C=O) groups is 1. The van der Waals surface area contributed by atoms with E-state index in [0.29, 0.717) is 5.82 Å². The van der Waals surface area contributed by atoms with E-state index in [9.17, 15) is 4.79 Å². The first-order valence-corrected chi connectivity index (χ1v) is 9.37. The van der Waals surface area contributed by atoms with E-state index in [4.69, 9.17) is 4.74 Å². The van der Waals surface area contributed by atoms with Crippen LogP contribution in [0.15, 0.2) is 52.9 Å². The number of rotatable bonds is 6. The van der Waals surface area contributed by atoms with Crippen LogP contribution in [0.3, 0.4) is 0 Å². The lowest BCUT2D eigenvalue weighted by Gasteiger charge is -2.05. The van der Waals surface area contributed by atoms with Crippen molar-refractivity contribution in [1.82, 2.24) is 9.36 Å². The second-order valence-electron chi connectivity index (χ2n) is 5.32. The number of ether oxygens (including phenoxy) is 1. The minimum absolute atomic E-state index is 0.0812. The molecule has 3 aromatic rings. The second kappa shape index (κ2) is 8.13. The van der Waals surface area contributed by atoms with Crippen LogP contribution < -0.4 is 10.1 Å². The molecule has 0 radical (unpaired) electrons. The maximum Gasteiger partial charge on any atom is 0.234 e. The molecule has 7 heteroatoms. The van der Waals surface area contributed by atoms with Gasteiger partial charge in [-0.05, 0) is 42.7 Å². The summed E-state index contributed by atoms with van der Waals surface area (Å²) < 4.78 is 10.2. The predicted molar refractivity (Wildman–Crippen MR) is 102 cm³/mol. The number of hydrogen-bond donors (Lipinski definition) is 1. The predicted octanol–water partition coefficient (Wildman–Crippen LogP) is 4.25. The summed E-state index contributed by atoms with van der Waals surface area (Å²) in [6, 6.07) is 15.3. The third kappa shape index (κ3) is 4.80. The Hall–Kier alpha value is -2.38. The number of anilines is 1. The maximum absolute atomic E-state index is 12.0. The number of methoxy groups -OCH3 is 1. The van der Waals surface area contributed by atoms with Crippen LogP contribution in [-0.4, -0.2) is 28.1 Å². The van der Waals surface area contributed by atoms with Gasteiger partial charge in [-0.3, -0.25) is 4.79 Å². The van der Waals surface area contributed by atoms with Gasteiger partial charge >= 0.3 is 0 Å². The molecule has 0 saturated carbocycles. The summed E-state index contributed by atoms with van der Waals surface area (Å²) >= 11 is 2.69. The third-order valence-corrected chi connectivity index (χ3v) is 5.25. The number of aryl methyl sites for hydroxylation is 1. The first-order valence-electron chi connectivity index (χ1n) is 7.61. The lowest BCUT2D eigenvalue weighted by atomic mass is 10.1. The van der Waals surface area contributed by atoms with Gasteiger partial charge in [0.1, 0.15) is 5.75 Å². The number of nitrogens with zero attached hydrogens (tertiary/aromatic N) is 2. The molecule has 3 rings (SSSR count). The fourth-order valence-corrected chi connectivity index (χ4v) is 3.50. The van der Waals surface area contributed by atoms with E-state index in [-0.39, 0.29) is 11.7 Å². The minimum atomic E-state index is -0.0812. The Kier molecular flexibility index (Phi) is 5.67. The van der Waals surface area contributed by atoms with Crippen molar-refractivity contribution in [3.63, 3.8) is 0 Å². The molecule has 0 aliphatic heterocycles. The lowest BCUT2D eigenvalue weighted by molar-refractivity contribution is -0.113. The Morgan fingerprint density at radius 2 is 1.88 bits per heavy atom. The molecule has 25 heavy (non-hydrogen) atoms. The topological polar surface area (TPSA) is 64.1 Å². The Balaban J connectivity index is 1.54. The van der Waals surface area contributed by atoms with E-state index < -0.39 is 0 Å². The molecule has 1 aromatic heterocycles. The second-order valence-corrected chi connectivity index (χ2v) is 7.29. The number of benzene rings is 2. The quantitative estimate of drug-likeness (QED) is 0.656. The summed E-state index contributed by atoms with van der Waals surface area (Å²) in [5, 5.41) is 2.85. The van der Waals surface area contributed by atoms with Gasteiger partial charge in [0.2, 0.25) is 5.91 Å². The Morgan fingerprint density at radius 1 is 1.16 bits per heavy atom. The largest absolute Gasteiger partial charge is 0.497 e. The number of nitrogens with one attached hydrogen (secondary N) is 1. The van der Waals surface area contributed by atoms with Gasteiger partial charge in [-0.15, -0.1) is 0 Å². The summed E-state index contributed by atoms with van der Waals surface area (Å²) in [5.74, 6) is 1.66. The van der Waals surface area contributed by atoms with Crippen molar-refractivity contribution in [2.24, 2.45) is 0 Å². The van der Waals surface area contributed by atoms with Crippen molar-refractivity contribution in [3.8, 4) is 17.1 Å². The van der Waals surface area contributed by atoms with Gasteiger partial charge in [-0.1, -0.05) is 41.6 Å². The van der Waals surface area contributed by atoms with Crippen molar-refractivity contribution in [2.45, 2.75) is 11.3 Å². The molecule has 0 aliphatic rings. The zero-order chi connectivity index (χ0) is 17.6. The van der Waals surface area contributed by atoms with E-state index in [2.05, 4.69) is 14.7 Å². The molecule has 0 bridgehead atoms. The molecule has 0 fully saturated rings. The van der Waals surface area contributed by atoms with Gasteiger partial charge in [-0.25, -0.2) is 4.98 Å². The van der Waals surface area contributed by atoms with Crippen LogP contribution >= 0.6 is 23.3 Å². The maximum atomic E-state index is 12.0. The number of aromatic nitrogens is 2. The number of amides is 1. The Labute approximate surface area is 154 Å². The zero-order valence-corrected chi connectivity index (χ0v) is 15.5. The zero-order valence-electron chi connectivity index (χ0n) is 13.9. The standard InChI is InChI=1S/C18H17N3O2S2/c1-12-3-5-13(6-4-12)17-20-18(25-21-17)24-11-16(22)19-14-7-9-15(23-2)10-8-14/h3-10H,11H2,1-2H3,(H,19,22). The van der Waals surface area contributed by atoms with E-state index in [0.717, 1.165) is 21.3 Å². The van der Waals surface area contributed by atoms with E-state index >= 15 is 0 Å². The van der Waals surface area contributed by atoms with Crippen LogP contribution in [0.4, 0.5) is 5.69 Å². The third-order valence-electron chi connectivity index (χ3n) is 3.42. The molecular formula is C18H17N3O2S2. The van der Waals surface area contributed by atoms with E-state index in [1.807, 2.05) is 43.3 Å². The van der Waals surface area contributed by atoms with Gasteiger partial charge in [-0.2, -0.15) is 4.37 Å². The van der Waals surface area contributed by atoms with Crippen molar-refractivity contribution in [3.05, 3.63) is 54.1 Å². The molecule has 0 aliphatic carbocycles. The van der Waals surface area contributed by atoms with Gasteiger partial charge in [0.25, 0.3) is 0 Å². The van der Waals surface area contributed by atoms with Crippen LogP contribution in [0.5, 0.6) is 5.75 Å². The van der Waals surface area contributed by atoms with Crippen molar-refractivity contribution >= 4 is 34.9 Å². The summed E-state index contributed by atoms with van der Waals surface area (Å²) in [4.78, 5) is 16.5. The molecule has 0 unspecified atom stereocenters. The first-order chi connectivity index (χ1) is 12.1. The van der Waals surface area contributed by atoms with E-state index in [1.165, 1.54) is 28.9 Å². The molecule has 1 N–H and O–H groups in total. The average molecular weight is 371 g/mol. The highest BCUT2D eigenvalue weighted by molar-refractivity contribution is 8.01. The smallest absolute Gasteiger partial charge is 0.234 e. The minimum Gasteiger partial charge on any atom is -0.497 e. The molecule has 128 valence electrons. The Morgan fingerprint density at radius 3 is 2.56 bits per heavy atom. The van der Waals surface area contributed by atoms with Crippen LogP contribution in [0.25, 0.3) is 11.4 Å². The molecule has 5 nitrogen and oxygen atoms in total. The van der Waals surface area contributed by atoms with Crippen molar-refractivity contribution in [2.75, 3.05) is 18.2 Å². The molecule has 0 spiro atoms. The van der Waals surface area contributed by atoms with Gasteiger partial charge < -0.3 is 10.1 Å². The normalized spacial score (nSPS) is 10.5. The SMILES string of the molecule is COc1ccc(NC(=O)CSc2nc(-c3ccc(C)cc3)ns2)cc1. The van der Waals surface area contributed by atoms with Crippen molar-refractivity contribution in [1.29, 1.82) is 0 Å². The monoisotopic (exact) mass is 371 g/mol. The van der Waals surface area contributed by atoms with E-state index in [1.54, 1.807) is 19.2 Å². The van der Waals surface area contributed by atoms with Crippen molar-refractivity contribution < 1.29 is 9.53 Å². The van der Waals surface area contributed by atoms with Gasteiger partial charge in [0, 0.05) is 11.3 Å². The average Bonchev–Trinajstić information content (AvgIpc) is 3.10. The lowest BCUT2D eigenvalue weighted by Crippen LogP contribution is -2.13. The molecular weight excluding hydrogens is 354 g/mol. The summed E-state index contributed by atoms with van der Waals surface area (Å²) in [5.41, 5.74) is 2.92. The summed E-state index contributed by atoms with van der Waals surface area (Å²) in [6.45, 7) is 2.04. The number of carbonyl (C=O) groups excluding carboxylic acids is 1. The first kappa shape index (κ1) is 17.4. The summed E-state index contributed by atoms with van der Waals surface area (Å²) in [7, 11) is 1.61. The highest BCUT2D eigenvalue weighted by Crippen LogP contribution is 2.25. The fraction of sp³-hybridized carbons (Fsp3) is 0.167. The van der Waals surface area contributed by atoms with Crippen LogP contribution in [0.1, 0.15) is 5.56 Å². The van der Waals surface area contributed by atoms with Gasteiger partial charge in [0.05, 0.1) is 12.9 Å². The van der Waals surface area contributed by atoms with Crippen LogP contribution in [0.2, 0.25) is 0 Å².